The second kappa shape index (κ2) is 7.95. The average Bonchev–Trinajstić information content (AvgIpc) is 2.83. The van der Waals surface area contributed by atoms with Crippen LogP contribution in [0.25, 0.3) is 0 Å². The fraction of sp³-hybridized carbons (Fsp3) is 0.412. The summed E-state index contributed by atoms with van der Waals surface area (Å²) < 4.78 is 45.4. The molecule has 2 rings (SSSR count). The Morgan fingerprint density at radius 2 is 2.08 bits per heavy atom. The summed E-state index contributed by atoms with van der Waals surface area (Å²) in [5.41, 5.74) is 5.15. The first kappa shape index (κ1) is 20.0. The molecular weight excluding hydrogens is 417 g/mol. The van der Waals surface area contributed by atoms with E-state index in [2.05, 4.69) is 21.2 Å². The van der Waals surface area contributed by atoms with Crippen molar-refractivity contribution in [1.82, 2.24) is 0 Å². The van der Waals surface area contributed by atoms with Gasteiger partial charge in [0.15, 0.2) is 0 Å². The second-order valence-electron chi connectivity index (χ2n) is 5.74. The molecule has 0 saturated heterocycles. The zero-order valence-corrected chi connectivity index (χ0v) is 16.4. The van der Waals surface area contributed by atoms with Crippen LogP contribution >= 0.6 is 27.7 Å². The minimum Gasteiger partial charge on any atom is -0.496 e. The highest BCUT2D eigenvalue weighted by Crippen LogP contribution is 2.47. The van der Waals surface area contributed by atoms with Crippen molar-refractivity contribution in [1.29, 1.82) is 0 Å². The number of hydrogen-bond acceptors (Lipinski definition) is 4. The fourth-order valence-corrected chi connectivity index (χ4v) is 5.00. The van der Waals surface area contributed by atoms with Gasteiger partial charge in [0, 0.05) is 27.4 Å². The number of methoxy groups -OCH3 is 1. The first-order valence-corrected chi connectivity index (χ1v) is 9.29. The monoisotopic (exact) mass is 436 g/mol. The summed E-state index contributed by atoms with van der Waals surface area (Å²) in [7, 11) is 1.23. The van der Waals surface area contributed by atoms with E-state index in [-0.39, 0.29) is 23.0 Å². The van der Waals surface area contributed by atoms with Crippen LogP contribution in [0, 0.1) is 5.92 Å². The average molecular weight is 437 g/mol. The van der Waals surface area contributed by atoms with Crippen LogP contribution in [0.5, 0.6) is 5.75 Å². The lowest BCUT2D eigenvalue weighted by atomic mass is 9.99. The highest BCUT2D eigenvalue weighted by Gasteiger charge is 2.36. The van der Waals surface area contributed by atoms with Crippen molar-refractivity contribution < 1.29 is 17.9 Å². The normalized spacial score (nSPS) is 22.5. The molecule has 138 valence electrons. The Balaban J connectivity index is 2.22. The lowest BCUT2D eigenvalue weighted by molar-refractivity contribution is -0.138. The summed E-state index contributed by atoms with van der Waals surface area (Å²) in [6.07, 6.45) is -1.08. The summed E-state index contributed by atoms with van der Waals surface area (Å²) >= 11 is 5.26. The van der Waals surface area contributed by atoms with Crippen molar-refractivity contribution in [2.45, 2.75) is 31.3 Å². The zero-order chi connectivity index (χ0) is 18.8. The van der Waals surface area contributed by atoms with Crippen LogP contribution in [0.1, 0.15) is 19.4 Å². The molecule has 0 bridgehead atoms. The number of nitrogens with one attached hydrogen (secondary N) is 1. The largest absolute Gasteiger partial charge is 0.496 e. The Hall–Kier alpha value is -1.28. The number of allylic oxidation sites excluding steroid dienone is 3. The molecule has 1 heterocycles. The van der Waals surface area contributed by atoms with Gasteiger partial charge in [-0.15, -0.1) is 11.8 Å². The van der Waals surface area contributed by atoms with Crippen molar-refractivity contribution in [2.75, 3.05) is 12.4 Å². The Morgan fingerprint density at radius 3 is 2.64 bits per heavy atom. The minimum atomic E-state index is -4.47. The summed E-state index contributed by atoms with van der Waals surface area (Å²) in [4.78, 5) is 1.15. The molecule has 1 aromatic rings. The molecule has 1 aliphatic heterocycles. The Labute approximate surface area is 158 Å². The SMILES string of the molecule is COc1ccc(NC(C)C2SC(C)=C(Br)C2/C=C\N)cc1C(F)(F)F. The van der Waals surface area contributed by atoms with Crippen molar-refractivity contribution in [3.63, 3.8) is 0 Å². The van der Waals surface area contributed by atoms with Crippen LogP contribution in [0.4, 0.5) is 18.9 Å². The minimum absolute atomic E-state index is 0.0781. The molecular formula is C17H20BrF3N2OS. The van der Waals surface area contributed by atoms with Crippen molar-refractivity contribution >= 4 is 33.4 Å². The van der Waals surface area contributed by atoms with Gasteiger partial charge in [-0.25, -0.2) is 0 Å². The van der Waals surface area contributed by atoms with E-state index in [4.69, 9.17) is 10.5 Å². The Morgan fingerprint density at radius 1 is 1.40 bits per heavy atom. The van der Waals surface area contributed by atoms with Gasteiger partial charge in [-0.2, -0.15) is 13.2 Å². The molecule has 0 spiro atoms. The van der Waals surface area contributed by atoms with Gasteiger partial charge >= 0.3 is 6.18 Å². The van der Waals surface area contributed by atoms with Crippen LogP contribution < -0.4 is 15.8 Å². The third kappa shape index (κ3) is 4.47. The molecule has 0 aromatic heterocycles. The molecule has 8 heteroatoms. The fourth-order valence-electron chi connectivity index (χ4n) is 2.80. The molecule has 1 aromatic carbocycles. The number of anilines is 1. The van der Waals surface area contributed by atoms with Crippen LogP contribution in [0.15, 0.2) is 39.9 Å². The van der Waals surface area contributed by atoms with Crippen molar-refractivity contribution in [2.24, 2.45) is 11.7 Å². The van der Waals surface area contributed by atoms with E-state index in [1.165, 1.54) is 19.4 Å². The quantitative estimate of drug-likeness (QED) is 0.653. The molecule has 0 fully saturated rings. The molecule has 0 saturated carbocycles. The number of benzene rings is 1. The van der Waals surface area contributed by atoms with Gasteiger partial charge in [-0.3, -0.25) is 0 Å². The molecule has 25 heavy (non-hydrogen) atoms. The number of thioether (sulfide) groups is 1. The molecule has 3 N–H and O–H groups in total. The van der Waals surface area contributed by atoms with Gasteiger partial charge in [0.05, 0.1) is 12.7 Å². The van der Waals surface area contributed by atoms with E-state index in [0.717, 1.165) is 15.5 Å². The summed E-state index contributed by atoms with van der Waals surface area (Å²) in [6.45, 7) is 3.96. The number of alkyl halides is 3. The lowest BCUT2D eigenvalue weighted by Gasteiger charge is -2.26. The highest BCUT2D eigenvalue weighted by molar-refractivity contribution is 9.11. The maximum Gasteiger partial charge on any atom is 0.420 e. The number of hydrogen-bond donors (Lipinski definition) is 2. The second-order valence-corrected chi connectivity index (χ2v) is 7.99. The van der Waals surface area contributed by atoms with E-state index >= 15 is 0 Å². The smallest absolute Gasteiger partial charge is 0.420 e. The Bertz CT molecular complexity index is 691. The molecule has 3 nitrogen and oxygen atoms in total. The summed E-state index contributed by atoms with van der Waals surface area (Å²) in [5, 5.41) is 3.29. The number of ether oxygens (including phenoxy) is 1. The number of nitrogens with two attached hydrogens (primary N) is 1. The van der Waals surface area contributed by atoms with Gasteiger partial charge in [0.2, 0.25) is 0 Å². The third-order valence-corrected chi connectivity index (χ3v) is 6.94. The first-order chi connectivity index (χ1) is 11.7. The number of halogens is 4. The van der Waals surface area contributed by atoms with Crippen LogP contribution in [-0.2, 0) is 6.18 Å². The van der Waals surface area contributed by atoms with E-state index in [1.807, 2.05) is 19.9 Å². The molecule has 0 radical (unpaired) electrons. The van der Waals surface area contributed by atoms with E-state index in [0.29, 0.717) is 5.69 Å². The standard InChI is InChI=1S/C17H20BrF3N2OS/c1-9(16-12(6-7-22)15(18)10(2)25-16)23-11-4-5-14(24-3)13(8-11)17(19,20)21/h4-9,12,16,23H,22H2,1-3H3/b7-6-. The van der Waals surface area contributed by atoms with E-state index in [1.54, 1.807) is 17.8 Å². The van der Waals surface area contributed by atoms with Crippen LogP contribution in [0.3, 0.4) is 0 Å². The van der Waals surface area contributed by atoms with Gasteiger partial charge in [0.1, 0.15) is 5.75 Å². The van der Waals surface area contributed by atoms with Gasteiger partial charge < -0.3 is 15.8 Å². The maximum absolute atomic E-state index is 13.2. The highest BCUT2D eigenvalue weighted by atomic mass is 79.9. The molecule has 0 aliphatic carbocycles. The first-order valence-electron chi connectivity index (χ1n) is 7.62. The maximum atomic E-state index is 13.2. The molecule has 1 aliphatic rings. The molecule has 3 atom stereocenters. The predicted molar refractivity (Wildman–Crippen MR) is 101 cm³/mol. The van der Waals surface area contributed by atoms with Crippen molar-refractivity contribution in [3.8, 4) is 5.75 Å². The molecule has 3 unspecified atom stereocenters. The summed E-state index contributed by atoms with van der Waals surface area (Å²) in [6, 6.07) is 3.92. The van der Waals surface area contributed by atoms with E-state index < -0.39 is 11.7 Å². The third-order valence-electron chi connectivity index (χ3n) is 4.01. The number of rotatable bonds is 5. The zero-order valence-electron chi connectivity index (χ0n) is 14.0. The van der Waals surface area contributed by atoms with E-state index in [9.17, 15) is 13.2 Å². The summed E-state index contributed by atoms with van der Waals surface area (Å²) in [5.74, 6) is -0.108. The lowest BCUT2D eigenvalue weighted by Crippen LogP contribution is -2.32. The van der Waals surface area contributed by atoms with Gasteiger partial charge in [-0.05, 0) is 43.2 Å². The van der Waals surface area contributed by atoms with Gasteiger partial charge in [-0.1, -0.05) is 22.0 Å². The van der Waals surface area contributed by atoms with Crippen LogP contribution in [-0.4, -0.2) is 18.4 Å². The Kier molecular flexibility index (Phi) is 6.37. The molecule has 0 amide bonds. The van der Waals surface area contributed by atoms with Crippen molar-refractivity contribution in [3.05, 3.63) is 45.4 Å². The predicted octanol–water partition coefficient (Wildman–Crippen LogP) is 5.34. The van der Waals surface area contributed by atoms with Crippen LogP contribution in [0.2, 0.25) is 0 Å². The van der Waals surface area contributed by atoms with Gasteiger partial charge in [0.25, 0.3) is 0 Å². The topological polar surface area (TPSA) is 47.3 Å².